The van der Waals surface area contributed by atoms with Crippen LogP contribution in [0.4, 0.5) is 0 Å². The van der Waals surface area contributed by atoms with Gasteiger partial charge in [-0.25, -0.2) is 4.79 Å². The Morgan fingerprint density at radius 3 is 2.47 bits per heavy atom. The van der Waals surface area contributed by atoms with Gasteiger partial charge >= 0.3 is 5.97 Å². The quantitative estimate of drug-likeness (QED) is 0.323. The number of nitrogens with one attached hydrogen (secondary N) is 1. The van der Waals surface area contributed by atoms with Crippen molar-refractivity contribution in [3.63, 3.8) is 0 Å². The molecule has 170 valence electrons. The number of carbonyl (C=O) groups is 1. The normalized spacial score (nSPS) is 17.4. The van der Waals surface area contributed by atoms with Crippen molar-refractivity contribution in [2.75, 3.05) is 7.11 Å². The van der Waals surface area contributed by atoms with Crippen LogP contribution in [0.2, 0.25) is 0 Å². The Labute approximate surface area is 203 Å². The van der Waals surface area contributed by atoms with Crippen LogP contribution in [0.3, 0.4) is 0 Å². The fourth-order valence-electron chi connectivity index (χ4n) is 4.42. The van der Waals surface area contributed by atoms with E-state index in [1.165, 1.54) is 12.7 Å². The summed E-state index contributed by atoms with van der Waals surface area (Å²) in [5, 5.41) is 4.20. The number of hydrogen-bond donors (Lipinski definition) is 1. The van der Waals surface area contributed by atoms with Crippen LogP contribution < -0.4 is 5.32 Å². The number of ether oxygens (including phenoxy) is 1. The molecule has 2 aromatic carbocycles. The molecule has 1 N–H and O–H groups in total. The van der Waals surface area contributed by atoms with E-state index >= 15 is 0 Å². The second-order valence-corrected chi connectivity index (χ2v) is 8.47. The molecule has 3 heterocycles. The first-order chi connectivity index (χ1) is 16.7. The van der Waals surface area contributed by atoms with Crippen LogP contribution in [0.25, 0.3) is 5.69 Å². The van der Waals surface area contributed by atoms with Gasteiger partial charge in [0.1, 0.15) is 0 Å². The molecule has 2 atom stereocenters. The van der Waals surface area contributed by atoms with Gasteiger partial charge in [0.05, 0.1) is 30.5 Å². The maximum Gasteiger partial charge on any atom is 0.337 e. The molecule has 0 saturated carbocycles. The Morgan fingerprint density at radius 1 is 1.00 bits per heavy atom. The first-order valence-corrected chi connectivity index (χ1v) is 11.4. The lowest BCUT2D eigenvalue weighted by atomic mass is 10.0. The SMILES string of the molecule is COC(=O)c1ccc(-n2cccc2[C@@H]2[C@@H](c3ccccn3)NC(=S)N2Cc2ccccc2)cc1. The smallest absolute Gasteiger partial charge is 0.337 e. The molecular formula is C27H24N4O2S. The van der Waals surface area contributed by atoms with E-state index < -0.39 is 0 Å². The Kier molecular flexibility index (Phi) is 6.10. The lowest BCUT2D eigenvalue weighted by Gasteiger charge is -2.29. The zero-order valence-electron chi connectivity index (χ0n) is 18.7. The molecule has 0 aliphatic carbocycles. The second kappa shape index (κ2) is 9.49. The van der Waals surface area contributed by atoms with Crippen molar-refractivity contribution in [1.29, 1.82) is 0 Å². The number of benzene rings is 2. The average molecular weight is 469 g/mol. The van der Waals surface area contributed by atoms with Gasteiger partial charge in [-0.15, -0.1) is 0 Å². The van der Waals surface area contributed by atoms with Crippen molar-refractivity contribution in [2.24, 2.45) is 0 Å². The van der Waals surface area contributed by atoms with Crippen molar-refractivity contribution >= 4 is 23.3 Å². The summed E-state index contributed by atoms with van der Waals surface area (Å²) in [7, 11) is 1.38. The summed E-state index contributed by atoms with van der Waals surface area (Å²) in [6, 6.07) is 27.6. The molecule has 0 spiro atoms. The number of hydrogen-bond acceptors (Lipinski definition) is 4. The maximum atomic E-state index is 11.9. The van der Waals surface area contributed by atoms with E-state index in [1.807, 2.05) is 67.0 Å². The van der Waals surface area contributed by atoms with Crippen LogP contribution in [-0.2, 0) is 11.3 Å². The van der Waals surface area contributed by atoms with Crippen molar-refractivity contribution in [3.8, 4) is 5.69 Å². The molecule has 1 fully saturated rings. The fraction of sp³-hybridized carbons (Fsp3) is 0.148. The predicted molar refractivity (Wildman–Crippen MR) is 135 cm³/mol. The molecule has 1 aliphatic heterocycles. The van der Waals surface area contributed by atoms with Crippen molar-refractivity contribution in [2.45, 2.75) is 18.6 Å². The predicted octanol–water partition coefficient (Wildman–Crippen LogP) is 4.83. The molecule has 0 radical (unpaired) electrons. The molecule has 0 bridgehead atoms. The number of nitrogens with zero attached hydrogens (tertiary/aromatic N) is 3. The molecule has 4 aromatic rings. The van der Waals surface area contributed by atoms with Gasteiger partial charge in [0.2, 0.25) is 0 Å². The van der Waals surface area contributed by atoms with Gasteiger partial charge in [0.15, 0.2) is 5.11 Å². The maximum absolute atomic E-state index is 11.9. The summed E-state index contributed by atoms with van der Waals surface area (Å²) < 4.78 is 6.97. The summed E-state index contributed by atoms with van der Waals surface area (Å²) in [6.45, 7) is 0.674. The Balaban J connectivity index is 1.56. The molecule has 2 aromatic heterocycles. The molecule has 1 aliphatic rings. The third-order valence-corrected chi connectivity index (χ3v) is 6.40. The highest BCUT2D eigenvalue weighted by molar-refractivity contribution is 7.80. The molecule has 6 nitrogen and oxygen atoms in total. The number of thiocarbonyl (C=S) groups is 1. The molecular weight excluding hydrogens is 444 g/mol. The summed E-state index contributed by atoms with van der Waals surface area (Å²) in [4.78, 5) is 18.7. The minimum absolute atomic E-state index is 0.0853. The monoisotopic (exact) mass is 468 g/mol. The number of carbonyl (C=O) groups excluding carboxylic acids is 1. The van der Waals surface area contributed by atoms with Crippen LogP contribution in [-0.4, -0.2) is 32.6 Å². The molecule has 7 heteroatoms. The number of esters is 1. The van der Waals surface area contributed by atoms with Crippen LogP contribution >= 0.6 is 12.2 Å². The number of aromatic nitrogens is 2. The van der Waals surface area contributed by atoms with Crippen LogP contribution in [0.15, 0.2) is 97.3 Å². The second-order valence-electron chi connectivity index (χ2n) is 8.08. The summed E-state index contributed by atoms with van der Waals surface area (Å²) in [5.41, 5.74) is 4.65. The van der Waals surface area contributed by atoms with E-state index in [0.717, 1.165) is 17.1 Å². The standard InChI is InChI=1S/C27H24N4O2S/c1-33-26(32)20-12-14-21(15-13-20)30-17-7-11-23(30)25-24(22-10-5-6-16-28-22)29-27(34)31(25)18-19-8-3-2-4-9-19/h2-17,24-25H,18H2,1H3,(H,29,34)/t24-,25-/m1/s1. The van der Waals surface area contributed by atoms with Crippen LogP contribution in [0.5, 0.6) is 0 Å². The Morgan fingerprint density at radius 2 is 1.76 bits per heavy atom. The fourth-order valence-corrected chi connectivity index (χ4v) is 4.73. The van der Waals surface area contributed by atoms with Crippen LogP contribution in [0, 0.1) is 0 Å². The van der Waals surface area contributed by atoms with Gasteiger partial charge < -0.3 is 19.5 Å². The molecule has 5 rings (SSSR count). The van der Waals surface area contributed by atoms with E-state index in [0.29, 0.717) is 17.2 Å². The van der Waals surface area contributed by atoms with Gasteiger partial charge in [0.25, 0.3) is 0 Å². The molecule has 0 amide bonds. The average Bonchev–Trinajstić information content (AvgIpc) is 3.49. The van der Waals surface area contributed by atoms with Crippen molar-refractivity contribution in [3.05, 3.63) is 120 Å². The summed E-state index contributed by atoms with van der Waals surface area (Å²) in [6.07, 6.45) is 3.83. The van der Waals surface area contributed by atoms with E-state index in [9.17, 15) is 4.79 Å². The zero-order chi connectivity index (χ0) is 23.5. The first-order valence-electron chi connectivity index (χ1n) is 11.0. The molecule has 0 unspecified atom stereocenters. The summed E-state index contributed by atoms with van der Waals surface area (Å²) in [5.74, 6) is -0.353. The highest BCUT2D eigenvalue weighted by Gasteiger charge is 2.41. The van der Waals surface area contributed by atoms with Crippen LogP contribution in [0.1, 0.15) is 39.4 Å². The Hall–Kier alpha value is -3.97. The van der Waals surface area contributed by atoms with Gasteiger partial charge in [0, 0.05) is 30.3 Å². The van der Waals surface area contributed by atoms with Gasteiger partial charge in [-0.1, -0.05) is 36.4 Å². The Bertz CT molecular complexity index is 1290. The highest BCUT2D eigenvalue weighted by atomic mass is 32.1. The van der Waals surface area contributed by atoms with Gasteiger partial charge in [-0.2, -0.15) is 0 Å². The van der Waals surface area contributed by atoms with Crippen molar-refractivity contribution < 1.29 is 9.53 Å². The van der Waals surface area contributed by atoms with E-state index in [1.54, 1.807) is 12.1 Å². The van der Waals surface area contributed by atoms with Gasteiger partial charge in [-0.05, 0) is 66.3 Å². The number of rotatable bonds is 6. The number of pyridine rings is 1. The largest absolute Gasteiger partial charge is 0.465 e. The molecule has 1 saturated heterocycles. The van der Waals surface area contributed by atoms with Crippen molar-refractivity contribution in [1.82, 2.24) is 19.8 Å². The lowest BCUT2D eigenvalue weighted by Crippen LogP contribution is -2.30. The third kappa shape index (κ3) is 4.18. The number of methoxy groups -OCH3 is 1. The first kappa shape index (κ1) is 21.9. The van der Waals surface area contributed by atoms with E-state index in [2.05, 4.69) is 38.0 Å². The third-order valence-electron chi connectivity index (χ3n) is 6.04. The topological polar surface area (TPSA) is 59.4 Å². The van der Waals surface area contributed by atoms with E-state index in [4.69, 9.17) is 17.0 Å². The minimum atomic E-state index is -0.353. The zero-order valence-corrected chi connectivity index (χ0v) is 19.5. The van der Waals surface area contributed by atoms with Gasteiger partial charge in [-0.3, -0.25) is 4.98 Å². The minimum Gasteiger partial charge on any atom is -0.465 e. The lowest BCUT2D eigenvalue weighted by molar-refractivity contribution is 0.0600. The highest BCUT2D eigenvalue weighted by Crippen LogP contribution is 2.40. The summed E-state index contributed by atoms with van der Waals surface area (Å²) >= 11 is 5.81. The van der Waals surface area contributed by atoms with E-state index in [-0.39, 0.29) is 18.1 Å². The molecule has 34 heavy (non-hydrogen) atoms.